The maximum absolute atomic E-state index is 12.9. The molecular weight excluding hydrogens is 997 g/mol. The molecule has 0 spiro atoms. The van der Waals surface area contributed by atoms with Gasteiger partial charge in [-0.05, 0) is 109 Å². The van der Waals surface area contributed by atoms with Gasteiger partial charge in [0.05, 0.1) is 0 Å². The lowest BCUT2D eigenvalue weighted by Gasteiger charge is -2.18. The minimum atomic E-state index is -0.807. The summed E-state index contributed by atoms with van der Waals surface area (Å²) >= 11 is 0. The van der Waals surface area contributed by atoms with Gasteiger partial charge in [-0.2, -0.15) is 0 Å². The van der Waals surface area contributed by atoms with Crippen molar-refractivity contribution in [2.75, 3.05) is 13.2 Å². The zero-order valence-electron chi connectivity index (χ0n) is 53.0. The minimum Gasteiger partial charge on any atom is -0.462 e. The minimum absolute atomic E-state index is 0.0996. The molecule has 0 heterocycles. The zero-order valence-corrected chi connectivity index (χ0v) is 53.0. The molecule has 0 rings (SSSR count). The van der Waals surface area contributed by atoms with Gasteiger partial charge in [0, 0.05) is 19.3 Å². The molecule has 6 heteroatoms. The second-order valence-corrected chi connectivity index (χ2v) is 22.4. The van der Waals surface area contributed by atoms with E-state index in [0.717, 1.165) is 116 Å². The number of hydrogen-bond donors (Lipinski definition) is 0. The van der Waals surface area contributed by atoms with Gasteiger partial charge >= 0.3 is 17.9 Å². The highest BCUT2D eigenvalue weighted by Crippen LogP contribution is 2.17. The largest absolute Gasteiger partial charge is 0.462 e. The van der Waals surface area contributed by atoms with Crippen LogP contribution < -0.4 is 0 Å². The Morgan fingerprint density at radius 3 is 0.815 bits per heavy atom. The van der Waals surface area contributed by atoms with Crippen molar-refractivity contribution in [1.82, 2.24) is 0 Å². The lowest BCUT2D eigenvalue weighted by atomic mass is 10.0. The first kappa shape index (κ1) is 76.8. The van der Waals surface area contributed by atoms with Crippen molar-refractivity contribution in [1.29, 1.82) is 0 Å². The molecule has 1 atom stereocenters. The molecule has 0 fully saturated rings. The van der Waals surface area contributed by atoms with Crippen LogP contribution in [0, 0.1) is 0 Å². The van der Waals surface area contributed by atoms with Crippen LogP contribution in [-0.4, -0.2) is 37.2 Å². The van der Waals surface area contributed by atoms with Gasteiger partial charge in [-0.3, -0.25) is 14.4 Å². The third-order valence-electron chi connectivity index (χ3n) is 14.5. The van der Waals surface area contributed by atoms with Crippen LogP contribution >= 0.6 is 0 Å². The summed E-state index contributed by atoms with van der Waals surface area (Å²) in [6.45, 7) is 6.49. The van der Waals surface area contributed by atoms with E-state index in [9.17, 15) is 14.4 Å². The number of rotatable bonds is 61. The molecule has 0 N–H and O–H groups in total. The SMILES string of the molecule is CC/C=C\C/C=C\C/C=C\C/C=C\C/C=C\C/C=C\C/C=C\C/C=C\C/C=C\CCCC(=O)OCC(COC(=O)CCCCCCC/C=C\CCCCCCC)OC(=O)CCCCCCCCCCCCCCCCCCCCCC. The van der Waals surface area contributed by atoms with Crippen LogP contribution in [0.25, 0.3) is 0 Å². The third kappa shape index (κ3) is 66.5. The van der Waals surface area contributed by atoms with E-state index in [0.29, 0.717) is 19.3 Å². The van der Waals surface area contributed by atoms with Gasteiger partial charge in [-0.25, -0.2) is 0 Å². The van der Waals surface area contributed by atoms with E-state index < -0.39 is 6.10 Å². The molecule has 0 amide bonds. The summed E-state index contributed by atoms with van der Waals surface area (Å²) in [4.78, 5) is 38.4. The standard InChI is InChI=1S/C75H126O6/c1-4-7-10-13-16-19-22-25-28-30-32-34-35-36-37-38-39-40-41-42-44-45-47-50-53-56-59-62-65-68-74(77)80-71-72(70-79-73(76)67-64-61-58-55-52-49-27-24-21-18-15-12-9-6-3)81-75(78)69-66-63-60-57-54-51-48-46-43-33-31-29-26-23-20-17-14-11-8-5-2/h7,10,16,19,24-25,27-28,32,34,36-37,39-40,42,44,47,50,56,59,72H,4-6,8-9,11-15,17-18,20-23,26,29-31,33,35,38,41,43,45-46,48-49,51-55,57-58,60-71H2,1-3H3/b10-7-,19-16-,27-24-,28-25-,34-32-,37-36-,40-39-,44-42-,50-47-,59-56-. The van der Waals surface area contributed by atoms with E-state index in [-0.39, 0.29) is 37.5 Å². The quantitative estimate of drug-likeness (QED) is 0.0261. The van der Waals surface area contributed by atoms with Crippen molar-refractivity contribution in [2.24, 2.45) is 0 Å². The van der Waals surface area contributed by atoms with Crippen molar-refractivity contribution >= 4 is 17.9 Å². The van der Waals surface area contributed by atoms with Gasteiger partial charge in [-0.1, -0.05) is 309 Å². The fourth-order valence-corrected chi connectivity index (χ4v) is 9.38. The maximum Gasteiger partial charge on any atom is 0.306 e. The summed E-state index contributed by atoms with van der Waals surface area (Å²) in [7, 11) is 0. The Kier molecular flexibility index (Phi) is 64.8. The Bertz CT molecular complexity index is 1670. The van der Waals surface area contributed by atoms with Crippen LogP contribution in [0.1, 0.15) is 316 Å². The normalized spacial score (nSPS) is 12.9. The van der Waals surface area contributed by atoms with Crippen molar-refractivity contribution < 1.29 is 28.6 Å². The maximum atomic E-state index is 12.9. The smallest absolute Gasteiger partial charge is 0.306 e. The number of carbonyl (C=O) groups is 3. The third-order valence-corrected chi connectivity index (χ3v) is 14.5. The van der Waals surface area contributed by atoms with Gasteiger partial charge in [0.1, 0.15) is 13.2 Å². The van der Waals surface area contributed by atoms with Crippen LogP contribution in [0.5, 0.6) is 0 Å². The summed E-state index contributed by atoms with van der Waals surface area (Å²) < 4.78 is 16.9. The topological polar surface area (TPSA) is 78.9 Å². The molecule has 0 aliphatic carbocycles. The molecule has 0 aromatic carbocycles. The predicted molar refractivity (Wildman–Crippen MR) is 353 cm³/mol. The molecule has 0 aromatic heterocycles. The summed E-state index contributed by atoms with van der Waals surface area (Å²) in [6, 6.07) is 0. The lowest BCUT2D eigenvalue weighted by molar-refractivity contribution is -0.167. The summed E-state index contributed by atoms with van der Waals surface area (Å²) in [5, 5.41) is 0. The summed E-state index contributed by atoms with van der Waals surface area (Å²) in [6.07, 6.45) is 95.0. The molecule has 0 radical (unpaired) electrons. The molecule has 462 valence electrons. The summed E-state index contributed by atoms with van der Waals surface area (Å²) in [5.74, 6) is -0.959. The monoisotopic (exact) mass is 1120 g/mol. The molecule has 1 unspecified atom stereocenters. The van der Waals surface area contributed by atoms with E-state index in [1.165, 1.54) is 154 Å². The first-order chi connectivity index (χ1) is 40.0. The number of carbonyl (C=O) groups excluding carboxylic acids is 3. The van der Waals surface area contributed by atoms with Crippen LogP contribution in [0.15, 0.2) is 122 Å². The van der Waals surface area contributed by atoms with E-state index in [2.05, 4.69) is 142 Å². The number of esters is 3. The zero-order chi connectivity index (χ0) is 58.5. The van der Waals surface area contributed by atoms with E-state index in [4.69, 9.17) is 14.2 Å². The van der Waals surface area contributed by atoms with E-state index in [1.807, 2.05) is 0 Å². The molecule has 81 heavy (non-hydrogen) atoms. The predicted octanol–water partition coefficient (Wildman–Crippen LogP) is 23.6. The fourth-order valence-electron chi connectivity index (χ4n) is 9.38. The van der Waals surface area contributed by atoms with Gasteiger partial charge in [0.25, 0.3) is 0 Å². The molecule has 6 nitrogen and oxygen atoms in total. The van der Waals surface area contributed by atoms with Crippen LogP contribution in [0.4, 0.5) is 0 Å². The fraction of sp³-hybridized carbons (Fsp3) is 0.693. The molecule has 0 saturated heterocycles. The average Bonchev–Trinajstić information content (AvgIpc) is 3.47. The van der Waals surface area contributed by atoms with Crippen molar-refractivity contribution in [3.8, 4) is 0 Å². The molecule has 0 bridgehead atoms. The van der Waals surface area contributed by atoms with Crippen molar-refractivity contribution in [3.63, 3.8) is 0 Å². The van der Waals surface area contributed by atoms with Crippen LogP contribution in [0.3, 0.4) is 0 Å². The molecule has 0 saturated carbocycles. The molecule has 0 aliphatic heterocycles. The van der Waals surface area contributed by atoms with Crippen molar-refractivity contribution in [3.05, 3.63) is 122 Å². The Balaban J connectivity index is 4.43. The van der Waals surface area contributed by atoms with Gasteiger partial charge in [0.15, 0.2) is 6.10 Å². The number of hydrogen-bond acceptors (Lipinski definition) is 6. The van der Waals surface area contributed by atoms with E-state index in [1.54, 1.807) is 0 Å². The average molecular weight is 1120 g/mol. The number of ether oxygens (including phenoxy) is 3. The Morgan fingerprint density at radius 1 is 0.259 bits per heavy atom. The van der Waals surface area contributed by atoms with E-state index >= 15 is 0 Å². The van der Waals surface area contributed by atoms with Gasteiger partial charge in [0.2, 0.25) is 0 Å². The molecule has 0 aromatic rings. The number of unbranched alkanes of at least 4 members (excludes halogenated alkanes) is 30. The molecule has 0 aliphatic rings. The van der Waals surface area contributed by atoms with Crippen molar-refractivity contribution in [2.45, 2.75) is 322 Å². The second-order valence-electron chi connectivity index (χ2n) is 22.4. The highest BCUT2D eigenvalue weighted by atomic mass is 16.6. The van der Waals surface area contributed by atoms with Gasteiger partial charge < -0.3 is 14.2 Å². The highest BCUT2D eigenvalue weighted by molar-refractivity contribution is 5.71. The Hall–Kier alpha value is -4.19. The first-order valence-corrected chi connectivity index (χ1v) is 34.0. The summed E-state index contributed by atoms with van der Waals surface area (Å²) in [5.41, 5.74) is 0. The number of allylic oxidation sites excluding steroid dienone is 20. The lowest BCUT2D eigenvalue weighted by Crippen LogP contribution is -2.30. The van der Waals surface area contributed by atoms with Gasteiger partial charge in [-0.15, -0.1) is 0 Å². The van der Waals surface area contributed by atoms with Crippen LogP contribution in [-0.2, 0) is 28.6 Å². The Morgan fingerprint density at radius 2 is 0.494 bits per heavy atom. The highest BCUT2D eigenvalue weighted by Gasteiger charge is 2.19. The first-order valence-electron chi connectivity index (χ1n) is 34.0. The Labute approximate surface area is 501 Å². The van der Waals surface area contributed by atoms with Crippen LogP contribution in [0.2, 0.25) is 0 Å². The molecular formula is C75H126O6. The second kappa shape index (κ2) is 68.3.